The van der Waals surface area contributed by atoms with E-state index in [1.807, 2.05) is 12.1 Å². The standard InChI is InChI=1S/C22H30N4O.2ClH/c1-16(2)17-8-10-18(11-9-17)20(23)15-25-22(27)19-7-6-12-24-21(19)26-13-4-3-5-14-26;;/h6-12,16,20H,3-5,13-15,23H2,1-2H3,(H,25,27);2*1H. The summed E-state index contributed by atoms with van der Waals surface area (Å²) in [4.78, 5) is 19.4. The molecule has 1 atom stereocenters. The van der Waals surface area contributed by atoms with Crippen LogP contribution in [0.3, 0.4) is 0 Å². The third-order valence-corrected chi connectivity index (χ3v) is 5.20. The number of nitrogens with zero attached hydrogens (tertiary/aromatic N) is 2. The topological polar surface area (TPSA) is 71.2 Å². The van der Waals surface area contributed by atoms with Gasteiger partial charge in [0.2, 0.25) is 0 Å². The average Bonchev–Trinajstić information content (AvgIpc) is 2.72. The fourth-order valence-corrected chi connectivity index (χ4v) is 3.48. The maximum absolute atomic E-state index is 12.8. The number of rotatable bonds is 6. The highest BCUT2D eigenvalue weighted by atomic mass is 35.5. The number of nitrogens with two attached hydrogens (primary N) is 1. The van der Waals surface area contributed by atoms with Gasteiger partial charge in [-0.05, 0) is 48.4 Å². The molecule has 1 amide bonds. The summed E-state index contributed by atoms with van der Waals surface area (Å²) in [5, 5.41) is 2.98. The number of aromatic nitrogens is 1. The van der Waals surface area contributed by atoms with E-state index in [0.29, 0.717) is 18.0 Å². The van der Waals surface area contributed by atoms with Crippen LogP contribution in [0.2, 0.25) is 0 Å². The Labute approximate surface area is 186 Å². The third kappa shape index (κ3) is 6.59. The van der Waals surface area contributed by atoms with Gasteiger partial charge in [-0.2, -0.15) is 0 Å². The normalized spacial score (nSPS) is 14.6. The predicted molar refractivity (Wildman–Crippen MR) is 125 cm³/mol. The lowest BCUT2D eigenvalue weighted by atomic mass is 9.99. The highest BCUT2D eigenvalue weighted by Gasteiger charge is 2.20. The van der Waals surface area contributed by atoms with E-state index >= 15 is 0 Å². The van der Waals surface area contributed by atoms with Gasteiger partial charge < -0.3 is 16.0 Å². The Balaban J connectivity index is 0.00000210. The van der Waals surface area contributed by atoms with Gasteiger partial charge in [-0.1, -0.05) is 38.1 Å². The van der Waals surface area contributed by atoms with Crippen molar-refractivity contribution in [3.05, 3.63) is 59.3 Å². The van der Waals surface area contributed by atoms with E-state index in [4.69, 9.17) is 5.73 Å². The van der Waals surface area contributed by atoms with Crippen LogP contribution in [-0.2, 0) is 0 Å². The number of hydrogen-bond acceptors (Lipinski definition) is 4. The van der Waals surface area contributed by atoms with Crippen LogP contribution in [-0.4, -0.2) is 30.5 Å². The predicted octanol–water partition coefficient (Wildman–Crippen LogP) is 4.47. The number of nitrogens with one attached hydrogen (secondary N) is 1. The average molecular weight is 439 g/mol. The second-order valence-electron chi connectivity index (χ2n) is 7.56. The fourth-order valence-electron chi connectivity index (χ4n) is 3.48. The molecule has 29 heavy (non-hydrogen) atoms. The third-order valence-electron chi connectivity index (χ3n) is 5.20. The molecule has 2 heterocycles. The lowest BCUT2D eigenvalue weighted by molar-refractivity contribution is 0.0951. The lowest BCUT2D eigenvalue weighted by Crippen LogP contribution is -2.35. The van der Waals surface area contributed by atoms with Crippen molar-refractivity contribution in [2.45, 2.75) is 45.1 Å². The van der Waals surface area contributed by atoms with Crippen molar-refractivity contribution in [1.29, 1.82) is 0 Å². The largest absolute Gasteiger partial charge is 0.356 e. The first-order valence-electron chi connectivity index (χ1n) is 9.90. The van der Waals surface area contributed by atoms with E-state index in [1.165, 1.54) is 12.0 Å². The highest BCUT2D eigenvalue weighted by Crippen LogP contribution is 2.22. The molecule has 3 N–H and O–H groups in total. The highest BCUT2D eigenvalue weighted by molar-refractivity contribution is 5.98. The summed E-state index contributed by atoms with van der Waals surface area (Å²) in [7, 11) is 0. The Morgan fingerprint density at radius 3 is 2.31 bits per heavy atom. The van der Waals surface area contributed by atoms with Crippen molar-refractivity contribution in [3.8, 4) is 0 Å². The minimum absolute atomic E-state index is 0. The summed E-state index contributed by atoms with van der Waals surface area (Å²) >= 11 is 0. The molecule has 1 aliphatic rings. The van der Waals surface area contributed by atoms with Crippen LogP contribution in [0.1, 0.15) is 66.6 Å². The Hall–Kier alpha value is -1.82. The molecule has 1 aromatic heterocycles. The van der Waals surface area contributed by atoms with Crippen molar-refractivity contribution in [3.63, 3.8) is 0 Å². The molecule has 0 spiro atoms. The molecule has 1 fully saturated rings. The molecule has 0 radical (unpaired) electrons. The van der Waals surface area contributed by atoms with E-state index < -0.39 is 0 Å². The number of hydrogen-bond donors (Lipinski definition) is 2. The van der Waals surface area contributed by atoms with Gasteiger partial charge in [0.25, 0.3) is 5.91 Å². The first-order valence-corrected chi connectivity index (χ1v) is 9.90. The Bertz CT molecular complexity index is 762. The number of amides is 1. The molecule has 1 saturated heterocycles. The first kappa shape index (κ1) is 25.2. The SMILES string of the molecule is CC(C)c1ccc(C(N)CNC(=O)c2cccnc2N2CCCCC2)cc1.Cl.Cl. The van der Waals surface area contributed by atoms with Crippen LogP contribution in [0, 0.1) is 0 Å². The zero-order valence-electron chi connectivity index (χ0n) is 17.1. The lowest BCUT2D eigenvalue weighted by Gasteiger charge is -2.29. The number of carbonyl (C=O) groups is 1. The maximum atomic E-state index is 12.8. The minimum atomic E-state index is -0.231. The van der Waals surface area contributed by atoms with Crippen LogP contribution in [0.15, 0.2) is 42.6 Å². The van der Waals surface area contributed by atoms with Crippen LogP contribution >= 0.6 is 24.8 Å². The Morgan fingerprint density at radius 1 is 1.07 bits per heavy atom. The minimum Gasteiger partial charge on any atom is -0.356 e. The van der Waals surface area contributed by atoms with E-state index in [2.05, 4.69) is 53.3 Å². The molecule has 1 aliphatic heterocycles. The van der Waals surface area contributed by atoms with Gasteiger partial charge in [0.1, 0.15) is 5.82 Å². The van der Waals surface area contributed by atoms with Gasteiger partial charge in [0.05, 0.1) is 5.56 Å². The number of carbonyl (C=O) groups excluding carboxylic acids is 1. The van der Waals surface area contributed by atoms with E-state index in [-0.39, 0.29) is 36.8 Å². The molecule has 0 saturated carbocycles. The van der Waals surface area contributed by atoms with Gasteiger partial charge in [-0.15, -0.1) is 24.8 Å². The summed E-state index contributed by atoms with van der Waals surface area (Å²) in [6.45, 7) is 6.65. The summed E-state index contributed by atoms with van der Waals surface area (Å²) in [6.07, 6.45) is 5.29. The molecule has 7 heteroatoms. The zero-order chi connectivity index (χ0) is 19.2. The van der Waals surface area contributed by atoms with Gasteiger partial charge >= 0.3 is 0 Å². The molecule has 2 aromatic rings. The molecule has 3 rings (SSSR count). The summed E-state index contributed by atoms with van der Waals surface area (Å²) in [5.41, 5.74) is 9.23. The summed E-state index contributed by atoms with van der Waals surface area (Å²) in [5.74, 6) is 1.16. The van der Waals surface area contributed by atoms with Gasteiger partial charge in [-0.3, -0.25) is 4.79 Å². The smallest absolute Gasteiger partial charge is 0.255 e. The molecular formula is C22H32Cl2N4O. The Kier molecular flexibility index (Phi) is 10.4. The van der Waals surface area contributed by atoms with Crippen molar-refractivity contribution >= 4 is 36.5 Å². The maximum Gasteiger partial charge on any atom is 0.255 e. The molecule has 0 aliphatic carbocycles. The van der Waals surface area contributed by atoms with Crippen LogP contribution in [0.25, 0.3) is 0 Å². The van der Waals surface area contributed by atoms with Crippen LogP contribution < -0.4 is 16.0 Å². The molecule has 1 aromatic carbocycles. The number of benzene rings is 1. The number of pyridine rings is 1. The second kappa shape index (κ2) is 12.0. The van der Waals surface area contributed by atoms with Gasteiger partial charge in [0, 0.05) is 31.9 Å². The van der Waals surface area contributed by atoms with Crippen LogP contribution in [0.4, 0.5) is 5.82 Å². The molecule has 0 bridgehead atoms. The van der Waals surface area contributed by atoms with Crippen molar-refractivity contribution < 1.29 is 4.79 Å². The van der Waals surface area contributed by atoms with Gasteiger partial charge in [-0.25, -0.2) is 4.98 Å². The van der Waals surface area contributed by atoms with Crippen LogP contribution in [0.5, 0.6) is 0 Å². The molecular weight excluding hydrogens is 407 g/mol. The monoisotopic (exact) mass is 438 g/mol. The quantitative estimate of drug-likeness (QED) is 0.697. The number of anilines is 1. The van der Waals surface area contributed by atoms with E-state index in [0.717, 1.165) is 37.3 Å². The summed E-state index contributed by atoms with van der Waals surface area (Å²) < 4.78 is 0. The van der Waals surface area contributed by atoms with Crippen molar-refractivity contribution in [2.75, 3.05) is 24.5 Å². The van der Waals surface area contributed by atoms with Crippen molar-refractivity contribution in [2.24, 2.45) is 5.73 Å². The zero-order valence-corrected chi connectivity index (χ0v) is 18.8. The molecule has 160 valence electrons. The molecule has 1 unspecified atom stereocenters. The van der Waals surface area contributed by atoms with E-state index in [1.54, 1.807) is 6.20 Å². The molecule has 5 nitrogen and oxygen atoms in total. The van der Waals surface area contributed by atoms with Gasteiger partial charge in [0.15, 0.2) is 0 Å². The fraction of sp³-hybridized carbons (Fsp3) is 0.455. The first-order chi connectivity index (χ1) is 13.1. The number of halogens is 2. The number of piperidine rings is 1. The second-order valence-corrected chi connectivity index (χ2v) is 7.56. The Morgan fingerprint density at radius 2 is 1.69 bits per heavy atom. The van der Waals surface area contributed by atoms with Crippen molar-refractivity contribution in [1.82, 2.24) is 10.3 Å². The van der Waals surface area contributed by atoms with E-state index in [9.17, 15) is 4.79 Å². The summed E-state index contributed by atoms with van der Waals surface area (Å²) in [6, 6.07) is 11.7.